The molecule has 1 aliphatic rings. The third-order valence-electron chi connectivity index (χ3n) is 7.81. The normalized spacial score (nSPS) is 15.8. The number of carbonyl (C=O) groups excluding carboxylic acids is 1. The van der Waals surface area contributed by atoms with Crippen molar-refractivity contribution in [2.24, 2.45) is 5.92 Å². The number of para-hydroxylation sites is 1. The number of benzene rings is 1. The molecule has 1 fully saturated rings. The highest BCUT2D eigenvalue weighted by molar-refractivity contribution is 6.06. The number of ether oxygens (including phenoxy) is 1. The Balaban J connectivity index is 1.24. The molecule has 0 radical (unpaired) electrons. The number of hydrogen-bond acceptors (Lipinski definition) is 9. The fourth-order valence-electron chi connectivity index (χ4n) is 5.07. The van der Waals surface area contributed by atoms with Gasteiger partial charge >= 0.3 is 6.01 Å². The number of hydrogen-bond donors (Lipinski definition) is 2. The van der Waals surface area contributed by atoms with E-state index in [1.807, 2.05) is 18.2 Å². The summed E-state index contributed by atoms with van der Waals surface area (Å²) in [5.74, 6) is -0.206. The van der Waals surface area contributed by atoms with Gasteiger partial charge in [-0.25, -0.2) is 24.3 Å². The molecule has 1 aliphatic heterocycles. The smallest absolute Gasteiger partial charge is 0.316 e. The second kappa shape index (κ2) is 12.5. The molecule has 0 bridgehead atoms. The van der Waals surface area contributed by atoms with E-state index in [-0.39, 0.29) is 23.5 Å². The summed E-state index contributed by atoms with van der Waals surface area (Å²) in [5.41, 5.74) is 3.06. The SMILES string of the molecule is CNC(=O)c1c(F)cnc2c(C(C)[C@H](C)CNc3cc(-c4cnc(OC5CCN(C)CC5)nc4)ncn3)cccc12. The molecule has 214 valence electrons. The Morgan fingerprint density at radius 2 is 1.85 bits per heavy atom. The predicted molar refractivity (Wildman–Crippen MR) is 155 cm³/mol. The standard InChI is InChI=1S/C30H35FN8O2/c1-18(19(2)22-6-5-7-23-27(29(40)32-3)24(31)16-34-28(22)23)13-33-26-12-25(37-17-38-26)20-14-35-30(36-15-20)41-21-8-10-39(4)11-9-21/h5-7,12,14-19,21H,8-11,13H2,1-4H3,(H,32,40)(H,33,37,38)/t18-,19?/m1/s1. The van der Waals surface area contributed by atoms with Crippen LogP contribution in [-0.4, -0.2) is 75.6 Å². The van der Waals surface area contributed by atoms with Crippen molar-refractivity contribution >= 4 is 22.6 Å². The van der Waals surface area contributed by atoms with Gasteiger partial charge in [0.25, 0.3) is 5.91 Å². The third kappa shape index (κ3) is 6.40. The van der Waals surface area contributed by atoms with E-state index in [9.17, 15) is 9.18 Å². The summed E-state index contributed by atoms with van der Waals surface area (Å²) in [7, 11) is 3.60. The van der Waals surface area contributed by atoms with E-state index in [0.29, 0.717) is 35.0 Å². The van der Waals surface area contributed by atoms with Crippen LogP contribution in [0.5, 0.6) is 6.01 Å². The number of halogens is 1. The van der Waals surface area contributed by atoms with Crippen molar-refractivity contribution in [2.45, 2.75) is 38.7 Å². The molecule has 10 nitrogen and oxygen atoms in total. The molecule has 11 heteroatoms. The van der Waals surface area contributed by atoms with E-state index in [4.69, 9.17) is 4.74 Å². The number of fused-ring (bicyclic) bond motifs is 1. The lowest BCUT2D eigenvalue weighted by atomic mass is 9.87. The molecule has 41 heavy (non-hydrogen) atoms. The number of nitrogens with zero attached hydrogens (tertiary/aromatic N) is 6. The van der Waals surface area contributed by atoms with Gasteiger partial charge in [-0.05, 0) is 37.3 Å². The fraction of sp³-hybridized carbons (Fsp3) is 0.400. The van der Waals surface area contributed by atoms with Crippen LogP contribution in [0.3, 0.4) is 0 Å². The van der Waals surface area contributed by atoms with Crippen LogP contribution < -0.4 is 15.4 Å². The van der Waals surface area contributed by atoms with E-state index in [0.717, 1.165) is 43.3 Å². The van der Waals surface area contributed by atoms with Gasteiger partial charge in [0.1, 0.15) is 18.2 Å². The molecule has 1 saturated heterocycles. The second-order valence-electron chi connectivity index (χ2n) is 10.6. The first-order chi connectivity index (χ1) is 19.8. The van der Waals surface area contributed by atoms with Gasteiger partial charge in [0.15, 0.2) is 5.82 Å². The third-order valence-corrected chi connectivity index (χ3v) is 7.81. The highest BCUT2D eigenvalue weighted by Crippen LogP contribution is 2.32. The molecule has 3 aromatic heterocycles. The number of anilines is 1. The quantitative estimate of drug-likeness (QED) is 0.310. The zero-order valence-electron chi connectivity index (χ0n) is 23.8. The number of amides is 1. The predicted octanol–water partition coefficient (Wildman–Crippen LogP) is 4.31. The van der Waals surface area contributed by atoms with Gasteiger partial charge < -0.3 is 20.3 Å². The Morgan fingerprint density at radius 1 is 1.10 bits per heavy atom. The van der Waals surface area contributed by atoms with Gasteiger partial charge in [0.2, 0.25) is 0 Å². The van der Waals surface area contributed by atoms with Gasteiger partial charge in [-0.2, -0.15) is 0 Å². The van der Waals surface area contributed by atoms with Crippen molar-refractivity contribution in [3.8, 4) is 17.3 Å². The highest BCUT2D eigenvalue weighted by Gasteiger charge is 2.22. The molecule has 1 aromatic carbocycles. The molecule has 5 rings (SSSR count). The monoisotopic (exact) mass is 558 g/mol. The number of likely N-dealkylation sites (tertiary alicyclic amines) is 1. The summed E-state index contributed by atoms with van der Waals surface area (Å²) in [4.78, 5) is 36.6. The number of pyridine rings is 1. The zero-order valence-corrected chi connectivity index (χ0v) is 23.8. The topological polar surface area (TPSA) is 118 Å². The van der Waals surface area contributed by atoms with Gasteiger partial charge in [-0.3, -0.25) is 9.78 Å². The number of carbonyl (C=O) groups is 1. The van der Waals surface area contributed by atoms with Crippen LogP contribution in [-0.2, 0) is 0 Å². The van der Waals surface area contributed by atoms with Crippen molar-refractivity contribution < 1.29 is 13.9 Å². The summed E-state index contributed by atoms with van der Waals surface area (Å²) in [6.07, 6.45) is 8.14. The lowest BCUT2D eigenvalue weighted by Gasteiger charge is -2.28. The highest BCUT2D eigenvalue weighted by atomic mass is 19.1. The maximum absolute atomic E-state index is 14.5. The average molecular weight is 559 g/mol. The van der Waals surface area contributed by atoms with E-state index in [1.165, 1.54) is 13.4 Å². The number of piperidine rings is 1. The molecule has 2 atom stereocenters. The van der Waals surface area contributed by atoms with E-state index >= 15 is 0 Å². The van der Waals surface area contributed by atoms with Crippen molar-refractivity contribution in [3.63, 3.8) is 0 Å². The molecule has 0 aliphatic carbocycles. The average Bonchev–Trinajstić information content (AvgIpc) is 3.00. The Morgan fingerprint density at radius 3 is 2.59 bits per heavy atom. The Kier molecular flexibility index (Phi) is 8.63. The molecule has 2 N–H and O–H groups in total. The van der Waals surface area contributed by atoms with Crippen LogP contribution in [0.4, 0.5) is 10.2 Å². The minimum atomic E-state index is -0.638. The van der Waals surface area contributed by atoms with Crippen LogP contribution in [0.15, 0.2) is 49.2 Å². The van der Waals surface area contributed by atoms with E-state index < -0.39 is 11.7 Å². The van der Waals surface area contributed by atoms with Gasteiger partial charge in [0, 0.05) is 56.1 Å². The van der Waals surface area contributed by atoms with Gasteiger partial charge in [-0.15, -0.1) is 0 Å². The Bertz CT molecular complexity index is 1510. The first-order valence-electron chi connectivity index (χ1n) is 13.9. The van der Waals surface area contributed by atoms with Crippen LogP contribution in [0.1, 0.15) is 48.5 Å². The van der Waals surface area contributed by atoms with Crippen LogP contribution in [0.2, 0.25) is 0 Å². The fourth-order valence-corrected chi connectivity index (χ4v) is 5.07. The maximum Gasteiger partial charge on any atom is 0.316 e. The number of rotatable bonds is 9. The second-order valence-corrected chi connectivity index (χ2v) is 10.6. The molecule has 1 unspecified atom stereocenters. The molecule has 4 heterocycles. The van der Waals surface area contributed by atoms with Crippen LogP contribution in [0, 0.1) is 11.7 Å². The lowest BCUT2D eigenvalue weighted by Crippen LogP contribution is -2.35. The van der Waals surface area contributed by atoms with Crippen molar-refractivity contribution in [3.05, 3.63) is 66.1 Å². The summed E-state index contributed by atoms with van der Waals surface area (Å²) >= 11 is 0. The summed E-state index contributed by atoms with van der Waals surface area (Å²) < 4.78 is 20.4. The van der Waals surface area contributed by atoms with Gasteiger partial charge in [-0.1, -0.05) is 32.0 Å². The van der Waals surface area contributed by atoms with Crippen LogP contribution in [0.25, 0.3) is 22.2 Å². The molecular formula is C30H35FN8O2. The summed E-state index contributed by atoms with van der Waals surface area (Å²) in [6, 6.07) is 7.79. The lowest BCUT2D eigenvalue weighted by molar-refractivity contribution is 0.0960. The Hall–Kier alpha value is -4.25. The minimum absolute atomic E-state index is 0.0104. The molecule has 4 aromatic rings. The van der Waals surface area contributed by atoms with Crippen molar-refractivity contribution in [1.82, 2.24) is 35.1 Å². The van der Waals surface area contributed by atoms with E-state index in [2.05, 4.69) is 61.3 Å². The maximum atomic E-state index is 14.5. The first kappa shape index (κ1) is 28.3. The summed E-state index contributed by atoms with van der Waals surface area (Å²) in [5, 5.41) is 6.42. The van der Waals surface area contributed by atoms with Crippen LogP contribution >= 0.6 is 0 Å². The minimum Gasteiger partial charge on any atom is -0.460 e. The number of nitrogens with one attached hydrogen (secondary N) is 2. The van der Waals surface area contributed by atoms with E-state index in [1.54, 1.807) is 18.5 Å². The number of aromatic nitrogens is 5. The largest absolute Gasteiger partial charge is 0.460 e. The Labute approximate surface area is 238 Å². The molecular weight excluding hydrogens is 523 g/mol. The van der Waals surface area contributed by atoms with Crippen molar-refractivity contribution in [1.29, 1.82) is 0 Å². The molecule has 0 saturated carbocycles. The van der Waals surface area contributed by atoms with Gasteiger partial charge in [0.05, 0.1) is 23.0 Å². The first-order valence-corrected chi connectivity index (χ1v) is 13.9. The summed E-state index contributed by atoms with van der Waals surface area (Å²) in [6.45, 7) is 6.86. The molecule has 1 amide bonds. The van der Waals surface area contributed by atoms with Crippen molar-refractivity contribution in [2.75, 3.05) is 39.0 Å². The zero-order chi connectivity index (χ0) is 28.9. The molecule has 0 spiro atoms.